The van der Waals surface area contributed by atoms with E-state index in [2.05, 4.69) is 38.0 Å². The monoisotopic (exact) mass is 511 g/mol. The molecule has 0 radical (unpaired) electrons. The van der Waals surface area contributed by atoms with Gasteiger partial charge in [0.2, 0.25) is 5.91 Å². The van der Waals surface area contributed by atoms with Gasteiger partial charge in [-0.2, -0.15) is 0 Å². The zero-order chi connectivity index (χ0) is 26.3. The molecule has 194 valence electrons. The first-order chi connectivity index (χ1) is 17.1. The molecule has 0 saturated carbocycles. The number of amides is 2. The lowest BCUT2D eigenvalue weighted by molar-refractivity contribution is -0.114. The molecule has 0 saturated heterocycles. The molecule has 0 spiro atoms. The second-order valence-electron chi connectivity index (χ2n) is 10.3. The van der Waals surface area contributed by atoms with Crippen LogP contribution in [0.5, 0.6) is 5.75 Å². The third-order valence-electron chi connectivity index (χ3n) is 5.56. The number of anilines is 1. The number of fused-ring (bicyclic) bond motifs is 1. The maximum absolute atomic E-state index is 12.2. The van der Waals surface area contributed by atoms with Crippen molar-refractivity contribution in [3.8, 4) is 5.75 Å². The summed E-state index contributed by atoms with van der Waals surface area (Å²) in [5.41, 5.74) is 2.82. The summed E-state index contributed by atoms with van der Waals surface area (Å²) >= 11 is 1.37. The minimum atomic E-state index is -0.628. The average molecular weight is 512 g/mol. The summed E-state index contributed by atoms with van der Waals surface area (Å²) in [6, 6.07) is 13.8. The molecule has 1 aromatic heterocycles. The van der Waals surface area contributed by atoms with Crippen LogP contribution in [0.2, 0.25) is 0 Å². The van der Waals surface area contributed by atoms with Gasteiger partial charge in [0.1, 0.15) is 5.75 Å². The Morgan fingerprint density at radius 2 is 1.89 bits per heavy atom. The Morgan fingerprint density at radius 3 is 2.53 bits per heavy atom. The van der Waals surface area contributed by atoms with Crippen LogP contribution in [0.3, 0.4) is 0 Å². The topological polar surface area (TPSA) is 81.9 Å². The number of hydrogen-bond acceptors (Lipinski definition) is 5. The van der Waals surface area contributed by atoms with Crippen LogP contribution in [-0.2, 0) is 16.1 Å². The molecule has 0 bridgehead atoms. The highest BCUT2D eigenvalue weighted by Gasteiger charge is 2.17. The van der Waals surface area contributed by atoms with E-state index in [0.29, 0.717) is 35.3 Å². The number of nitrogens with zero attached hydrogens (tertiary/aromatic N) is 2. The number of nitrogens with one attached hydrogen (secondary N) is 1. The van der Waals surface area contributed by atoms with Gasteiger partial charge in [-0.1, -0.05) is 69.4 Å². The van der Waals surface area contributed by atoms with E-state index in [-0.39, 0.29) is 17.9 Å². The average Bonchev–Trinajstić information content (AvgIpc) is 3.08. The zero-order valence-electron chi connectivity index (χ0n) is 22.1. The largest absolute Gasteiger partial charge is 0.491 e. The molecule has 36 heavy (non-hydrogen) atoms. The molecule has 8 heteroatoms. The zero-order valence-corrected chi connectivity index (χ0v) is 22.9. The molecule has 0 aliphatic carbocycles. The maximum Gasteiger partial charge on any atom is 0.436 e. The maximum atomic E-state index is 12.2. The van der Waals surface area contributed by atoms with Gasteiger partial charge in [0.25, 0.3) is 0 Å². The van der Waals surface area contributed by atoms with E-state index >= 15 is 0 Å². The van der Waals surface area contributed by atoms with E-state index < -0.39 is 6.09 Å². The number of thiazole rings is 1. The predicted octanol–water partition coefficient (Wildman–Crippen LogP) is 6.61. The van der Waals surface area contributed by atoms with E-state index in [0.717, 1.165) is 28.6 Å². The quantitative estimate of drug-likeness (QED) is 0.351. The molecule has 2 aromatic carbocycles. The van der Waals surface area contributed by atoms with Gasteiger partial charge >= 0.3 is 6.09 Å². The van der Waals surface area contributed by atoms with Crippen LogP contribution in [0.15, 0.2) is 47.5 Å². The fourth-order valence-electron chi connectivity index (χ4n) is 4.26. The van der Waals surface area contributed by atoms with E-state index in [1.807, 2.05) is 47.0 Å². The number of aromatic nitrogens is 1. The van der Waals surface area contributed by atoms with Crippen LogP contribution in [0.4, 0.5) is 10.5 Å². The van der Waals surface area contributed by atoms with Crippen molar-refractivity contribution >= 4 is 39.2 Å². The van der Waals surface area contributed by atoms with Crippen molar-refractivity contribution in [3.05, 3.63) is 52.8 Å². The number of hydrogen-bond donors (Lipinski definition) is 1. The first kappa shape index (κ1) is 27.5. The summed E-state index contributed by atoms with van der Waals surface area (Å²) < 4.78 is 14.1. The summed E-state index contributed by atoms with van der Waals surface area (Å²) in [5, 5.41) is 2.89. The fraction of sp³-hybridized carbons (Fsp3) is 0.464. The van der Waals surface area contributed by atoms with Gasteiger partial charge in [0, 0.05) is 13.0 Å². The van der Waals surface area contributed by atoms with Gasteiger partial charge in [-0.3, -0.25) is 4.79 Å². The van der Waals surface area contributed by atoms with Gasteiger partial charge in [-0.15, -0.1) is 4.99 Å². The minimum absolute atomic E-state index is 0.176. The van der Waals surface area contributed by atoms with Gasteiger partial charge in [-0.25, -0.2) is 4.79 Å². The molecule has 1 atom stereocenters. The number of carbonyl (C=O) groups excluding carboxylic acids is 2. The van der Waals surface area contributed by atoms with Crippen LogP contribution in [0.25, 0.3) is 10.2 Å². The molecule has 1 heterocycles. The number of benzene rings is 2. The highest BCUT2D eigenvalue weighted by atomic mass is 32.1. The molecule has 1 N–H and O–H groups in total. The summed E-state index contributed by atoms with van der Waals surface area (Å²) in [4.78, 5) is 28.9. The third-order valence-corrected chi connectivity index (χ3v) is 6.60. The molecular weight excluding hydrogens is 474 g/mol. The van der Waals surface area contributed by atoms with Gasteiger partial charge < -0.3 is 19.4 Å². The smallest absolute Gasteiger partial charge is 0.436 e. The van der Waals surface area contributed by atoms with Gasteiger partial charge in [0.05, 0.1) is 35.7 Å². The molecule has 0 fully saturated rings. The predicted molar refractivity (Wildman–Crippen MR) is 146 cm³/mol. The SMILES string of the molecule is CCOC(=O)/N=c1\sc2cc(NC(C)=O)c(OCCC(C)CC(C)(C)C)cc2n1Cc1ccccc1. The van der Waals surface area contributed by atoms with E-state index in [1.165, 1.54) is 18.3 Å². The highest BCUT2D eigenvalue weighted by molar-refractivity contribution is 7.16. The second kappa shape index (κ2) is 12.2. The first-order valence-electron chi connectivity index (χ1n) is 12.4. The van der Waals surface area contributed by atoms with Crippen LogP contribution in [0.1, 0.15) is 59.9 Å². The lowest BCUT2D eigenvalue weighted by Crippen LogP contribution is -2.18. The Kier molecular flexibility index (Phi) is 9.31. The lowest BCUT2D eigenvalue weighted by atomic mass is 9.84. The lowest BCUT2D eigenvalue weighted by Gasteiger charge is -2.23. The molecule has 3 aromatic rings. The van der Waals surface area contributed by atoms with Crippen molar-refractivity contribution in [2.45, 2.75) is 60.9 Å². The Balaban J connectivity index is 2.02. The number of ether oxygens (including phenoxy) is 2. The van der Waals surface area contributed by atoms with E-state index in [9.17, 15) is 9.59 Å². The van der Waals surface area contributed by atoms with Crippen LogP contribution >= 0.6 is 11.3 Å². The summed E-state index contributed by atoms with van der Waals surface area (Å²) in [7, 11) is 0. The normalized spacial score (nSPS) is 13.0. The Bertz CT molecular complexity index is 1260. The van der Waals surface area contributed by atoms with Crippen LogP contribution in [-0.4, -0.2) is 29.8 Å². The minimum Gasteiger partial charge on any atom is -0.491 e. The van der Waals surface area contributed by atoms with Crippen LogP contribution < -0.4 is 14.9 Å². The molecule has 0 aliphatic heterocycles. The molecule has 3 rings (SSSR count). The van der Waals surface area contributed by atoms with Gasteiger partial charge in [-0.05, 0) is 42.7 Å². The number of rotatable bonds is 9. The van der Waals surface area contributed by atoms with E-state index in [4.69, 9.17) is 9.47 Å². The second-order valence-corrected chi connectivity index (χ2v) is 11.3. The Morgan fingerprint density at radius 1 is 1.17 bits per heavy atom. The van der Waals surface area contributed by atoms with Gasteiger partial charge in [0.15, 0.2) is 4.80 Å². The van der Waals surface area contributed by atoms with Crippen molar-refractivity contribution in [3.63, 3.8) is 0 Å². The highest BCUT2D eigenvalue weighted by Crippen LogP contribution is 2.33. The van der Waals surface area contributed by atoms with Crippen molar-refractivity contribution in [1.82, 2.24) is 4.57 Å². The van der Waals surface area contributed by atoms with E-state index in [1.54, 1.807) is 6.92 Å². The van der Waals surface area contributed by atoms with Crippen molar-refractivity contribution in [2.24, 2.45) is 16.3 Å². The number of carbonyl (C=O) groups is 2. The summed E-state index contributed by atoms with van der Waals surface area (Å²) in [5.74, 6) is 0.936. The van der Waals surface area contributed by atoms with Crippen molar-refractivity contribution in [1.29, 1.82) is 0 Å². The summed E-state index contributed by atoms with van der Waals surface area (Å²) in [6.45, 7) is 13.5. The summed E-state index contributed by atoms with van der Waals surface area (Å²) in [6.07, 6.45) is 1.39. The van der Waals surface area contributed by atoms with Crippen LogP contribution in [0, 0.1) is 11.3 Å². The third kappa shape index (κ3) is 7.95. The molecule has 1 unspecified atom stereocenters. The van der Waals surface area contributed by atoms with Crippen molar-refractivity contribution < 1.29 is 19.1 Å². The molecule has 7 nitrogen and oxygen atoms in total. The fourth-order valence-corrected chi connectivity index (χ4v) is 5.30. The van der Waals surface area contributed by atoms with Crippen molar-refractivity contribution in [2.75, 3.05) is 18.5 Å². The Labute approximate surface area is 217 Å². The Hall–Kier alpha value is -3.13. The molecule has 2 amide bonds. The first-order valence-corrected chi connectivity index (χ1v) is 13.2. The molecular formula is C28H37N3O4S. The molecule has 0 aliphatic rings. The standard InChI is InChI=1S/C28H37N3O4S/c1-7-34-27(33)30-26-31(18-21-11-9-8-10-12-21)23-16-24(22(29-20(3)32)15-25(23)36-26)35-14-13-19(2)17-28(4,5)6/h8-12,15-16,19H,7,13-14,17-18H2,1-6H3,(H,29,32)/b30-26-.